The van der Waals surface area contributed by atoms with Gasteiger partial charge >= 0.3 is 0 Å². The van der Waals surface area contributed by atoms with Gasteiger partial charge in [0.2, 0.25) is 23.5 Å². The molecule has 5 heterocycles. The van der Waals surface area contributed by atoms with Gasteiger partial charge < -0.3 is 4.42 Å². The summed E-state index contributed by atoms with van der Waals surface area (Å²) in [5.41, 5.74) is -2.99. The monoisotopic (exact) mass is 732 g/mol. The molecule has 0 saturated carbocycles. The van der Waals surface area contributed by atoms with Crippen LogP contribution in [0.4, 0.5) is 30.7 Å². The Morgan fingerprint density at radius 3 is 1.96 bits per heavy atom. The third-order valence-electron chi connectivity index (χ3n) is 7.77. The van der Waals surface area contributed by atoms with Crippen molar-refractivity contribution in [3.63, 3.8) is 0 Å². The van der Waals surface area contributed by atoms with Crippen LogP contribution in [0.25, 0.3) is 45.3 Å². The fourth-order valence-corrected chi connectivity index (χ4v) is 5.36. The highest BCUT2D eigenvalue weighted by Crippen LogP contribution is 2.32. The van der Waals surface area contributed by atoms with Gasteiger partial charge in [-0.25, -0.2) is 61.9 Å². The first kappa shape index (κ1) is 33.1. The van der Waals surface area contributed by atoms with Crippen LogP contribution in [0.2, 0.25) is 0 Å². The second-order valence-corrected chi connectivity index (χ2v) is 10.9. The molecule has 258 valence electrons. The molecule has 0 N–H and O–H groups in total. The van der Waals surface area contributed by atoms with Crippen LogP contribution in [0.3, 0.4) is 0 Å². The summed E-state index contributed by atoms with van der Waals surface area (Å²) in [6.07, 6.45) is 0. The molecule has 3 aromatic heterocycles. The summed E-state index contributed by atoms with van der Waals surface area (Å²) in [6, 6.07) is 14.9. The van der Waals surface area contributed by atoms with Crippen LogP contribution in [0, 0.1) is 75.0 Å². The number of allylic oxidation sites excluding steroid dienone is 2. The van der Waals surface area contributed by atoms with Crippen molar-refractivity contribution in [1.29, 1.82) is 15.8 Å². The van der Waals surface area contributed by atoms with E-state index in [0.29, 0.717) is 11.1 Å². The molecule has 2 aliphatic rings. The lowest BCUT2D eigenvalue weighted by atomic mass is 10.0. The van der Waals surface area contributed by atoms with E-state index in [4.69, 9.17) is 4.42 Å². The van der Waals surface area contributed by atoms with Crippen LogP contribution in [0.1, 0.15) is 17.0 Å². The van der Waals surface area contributed by atoms with Gasteiger partial charge in [0, 0.05) is 11.6 Å². The van der Waals surface area contributed by atoms with E-state index in [-0.39, 0.29) is 44.7 Å². The molecule has 6 aromatic rings. The lowest BCUT2D eigenvalue weighted by molar-refractivity contribution is 0.376. The topological polar surface area (TPSA) is 198 Å². The largest absolute Gasteiger partial charge is 0.434 e. The summed E-state index contributed by atoms with van der Waals surface area (Å²) < 4.78 is 105. The molecule has 2 aliphatic heterocycles. The van der Waals surface area contributed by atoms with E-state index in [1.165, 1.54) is 18.2 Å². The number of oxazole rings is 1. The van der Waals surface area contributed by atoms with Crippen LogP contribution in [-0.2, 0) is 0 Å². The third-order valence-corrected chi connectivity index (χ3v) is 7.77. The zero-order valence-electron chi connectivity index (χ0n) is 26.0. The second kappa shape index (κ2) is 12.3. The van der Waals surface area contributed by atoms with Gasteiger partial charge in [0.15, 0.2) is 52.1 Å². The maximum Gasteiger partial charge on any atom is 0.266 e. The number of benzene rings is 3. The van der Waals surface area contributed by atoms with Crippen molar-refractivity contribution in [3.8, 4) is 41.3 Å². The van der Waals surface area contributed by atoms with Gasteiger partial charge in [-0.15, -0.1) is 0 Å². The molecular weight excluding hydrogens is 725 g/mol. The lowest BCUT2D eigenvalue weighted by Crippen LogP contribution is -2.27. The molecule has 0 atom stereocenters. The number of hydrogen-bond acceptors (Lipinski definition) is 13. The molecule has 20 heteroatoms. The minimum atomic E-state index is -2.45. The molecule has 0 unspecified atom stereocenters. The van der Waals surface area contributed by atoms with E-state index in [0.717, 1.165) is 6.07 Å². The number of hydrogen-bond donors (Lipinski definition) is 0. The highest BCUT2D eigenvalue weighted by molar-refractivity contribution is 5.81. The van der Waals surface area contributed by atoms with E-state index in [1.807, 2.05) is 12.1 Å². The Labute approximate surface area is 292 Å². The van der Waals surface area contributed by atoms with Crippen molar-refractivity contribution in [2.24, 2.45) is 20.0 Å². The summed E-state index contributed by atoms with van der Waals surface area (Å²) in [4.78, 5) is 36.4. The van der Waals surface area contributed by atoms with Gasteiger partial charge in [-0.2, -0.15) is 29.6 Å². The van der Waals surface area contributed by atoms with Gasteiger partial charge in [-0.3, -0.25) is 0 Å². The van der Waals surface area contributed by atoms with Crippen molar-refractivity contribution >= 4 is 22.2 Å². The standard InChI is InChI=1S/C34H7F7N12O/c35-19-7-17-27(28(41)48-19)50-31(46-17)14(10-44)32-51-29(52-33(53-32)34-47-15-3-1-2-4-18(15)54-34)11-5-6-16-26(12(11)8-42)49-30(45-16)13(9-43)20-21(36)23(38)25(40)24(39)22(20)37/h1-7H/b30-13+,31-14-. The number of halogens is 7. The molecule has 0 bridgehead atoms. The minimum absolute atomic E-state index is 0.129. The molecule has 0 spiro atoms. The first-order chi connectivity index (χ1) is 26.0. The van der Waals surface area contributed by atoms with Gasteiger partial charge in [0.25, 0.3) is 5.89 Å². The fourth-order valence-electron chi connectivity index (χ4n) is 5.36. The predicted molar refractivity (Wildman–Crippen MR) is 163 cm³/mol. The Morgan fingerprint density at radius 1 is 0.611 bits per heavy atom. The normalized spacial score (nSPS) is 14.4. The Bertz CT molecular complexity index is 3130. The van der Waals surface area contributed by atoms with Crippen molar-refractivity contribution in [2.75, 3.05) is 0 Å². The molecule has 0 amide bonds. The van der Waals surface area contributed by atoms with Gasteiger partial charge in [-0.05, 0) is 24.3 Å². The predicted octanol–water partition coefficient (Wildman–Crippen LogP) is 3.88. The quantitative estimate of drug-likeness (QED) is 0.0849. The third kappa shape index (κ3) is 5.11. The first-order valence-electron chi connectivity index (χ1n) is 14.7. The van der Waals surface area contributed by atoms with Crippen molar-refractivity contribution in [1.82, 2.24) is 24.9 Å². The Hall–Kier alpha value is -8.05. The van der Waals surface area contributed by atoms with Gasteiger partial charge in [0.1, 0.15) is 50.9 Å². The van der Waals surface area contributed by atoms with E-state index in [2.05, 4.69) is 44.9 Å². The molecule has 0 radical (unpaired) electrons. The summed E-state index contributed by atoms with van der Waals surface area (Å²) in [6.45, 7) is 0. The molecule has 54 heavy (non-hydrogen) atoms. The second-order valence-electron chi connectivity index (χ2n) is 10.9. The number of aromatic nitrogens is 5. The molecule has 0 saturated heterocycles. The maximum atomic E-state index is 14.7. The highest BCUT2D eigenvalue weighted by Gasteiger charge is 2.31. The molecule has 13 nitrogen and oxygen atoms in total. The highest BCUT2D eigenvalue weighted by atomic mass is 19.2. The summed E-state index contributed by atoms with van der Waals surface area (Å²) in [5, 5.41) is 29.1. The number of para-hydroxylation sites is 2. The van der Waals surface area contributed by atoms with Gasteiger partial charge in [-0.1, -0.05) is 12.1 Å². The molecule has 8 rings (SSSR count). The lowest BCUT2D eigenvalue weighted by Gasteiger charge is -2.07. The fraction of sp³-hybridized carbons (Fsp3) is 0. The van der Waals surface area contributed by atoms with Crippen molar-refractivity contribution in [3.05, 3.63) is 133 Å². The van der Waals surface area contributed by atoms with E-state index >= 15 is 0 Å². The zero-order chi connectivity index (χ0) is 38.0. The average molecular weight is 732 g/mol. The van der Waals surface area contributed by atoms with E-state index in [9.17, 15) is 46.5 Å². The first-order valence-corrected chi connectivity index (χ1v) is 14.7. The smallest absolute Gasteiger partial charge is 0.266 e. The molecule has 0 aliphatic carbocycles. The maximum absolute atomic E-state index is 14.7. The minimum Gasteiger partial charge on any atom is -0.434 e. The van der Waals surface area contributed by atoms with Crippen LogP contribution in [-0.4, -0.2) is 24.9 Å². The Kier molecular flexibility index (Phi) is 7.55. The Morgan fingerprint density at radius 2 is 1.26 bits per heavy atom. The van der Waals surface area contributed by atoms with Crippen LogP contribution in [0.15, 0.2) is 78.5 Å². The number of fused-ring (bicyclic) bond motifs is 3. The average Bonchev–Trinajstić information content (AvgIpc) is 3.92. The van der Waals surface area contributed by atoms with Crippen LogP contribution in [0.5, 0.6) is 0 Å². The summed E-state index contributed by atoms with van der Waals surface area (Å²) in [5.74, 6) is -16.7. The number of nitrogens with zero attached hydrogens (tertiary/aromatic N) is 12. The molecule has 0 fully saturated rings. The molecular formula is C34H7F7N12O. The van der Waals surface area contributed by atoms with Crippen LogP contribution >= 0.6 is 0 Å². The SMILES string of the molecule is N#C/C(=C1\N=c2cc(F)nc(F)c2=N1)c1nc(-c2nc3ccccc3o2)nc(-c2ccc3c(c2C#N)=N/C(=C(\C#N)c2c(F)c(F)c(F)c(F)c2F)N=3)n1. The summed E-state index contributed by atoms with van der Waals surface area (Å²) >= 11 is 0. The van der Waals surface area contributed by atoms with Crippen molar-refractivity contribution < 1.29 is 35.2 Å². The van der Waals surface area contributed by atoms with E-state index < -0.39 is 80.5 Å². The summed E-state index contributed by atoms with van der Waals surface area (Å²) in [7, 11) is 0. The number of rotatable bonds is 4. The van der Waals surface area contributed by atoms with Crippen LogP contribution < -0.4 is 21.4 Å². The van der Waals surface area contributed by atoms with Crippen molar-refractivity contribution in [2.45, 2.75) is 0 Å². The van der Waals surface area contributed by atoms with Gasteiger partial charge in [0.05, 0.1) is 16.5 Å². The molecule has 3 aromatic carbocycles. The number of nitriles is 3. The Balaban J connectivity index is 1.36. The van der Waals surface area contributed by atoms with E-state index in [1.54, 1.807) is 24.3 Å². The zero-order valence-corrected chi connectivity index (χ0v) is 26.0. The number of pyridine rings is 1.